The number of carboxylic acids is 1. The topological polar surface area (TPSA) is 119 Å². The maximum absolute atomic E-state index is 12.5. The van der Waals surface area contributed by atoms with Crippen molar-refractivity contribution >= 4 is 17.8 Å². The van der Waals surface area contributed by atoms with E-state index in [1.807, 2.05) is 6.08 Å². The van der Waals surface area contributed by atoms with Crippen molar-refractivity contribution in [1.29, 1.82) is 0 Å². The number of nitrogens with two attached hydrogens (primary N) is 1. The lowest BCUT2D eigenvalue weighted by Gasteiger charge is -2.15. The molecule has 0 aromatic rings. The third kappa shape index (κ3) is 28.6. The monoisotopic (exact) mass is 621 g/mol. The second-order valence-electron chi connectivity index (χ2n) is 12.3. The fourth-order valence-corrected chi connectivity index (χ4v) is 5.16. The van der Waals surface area contributed by atoms with Crippen LogP contribution in [0.15, 0.2) is 24.3 Å². The molecule has 0 heterocycles. The Balaban J connectivity index is 4.09. The van der Waals surface area contributed by atoms with Gasteiger partial charge in [0.2, 0.25) is 5.91 Å². The smallest absolute Gasteiger partial charge is 0.326 e. The highest BCUT2D eigenvalue weighted by atomic mass is 16.5. The largest absolute Gasteiger partial charge is 0.480 e. The number of aliphatic carboxylic acids is 1. The highest BCUT2D eigenvalue weighted by Gasteiger charge is 2.19. The molecule has 4 N–H and O–H groups in total. The summed E-state index contributed by atoms with van der Waals surface area (Å²) in [5.41, 5.74) is 5.45. The van der Waals surface area contributed by atoms with Gasteiger partial charge in [-0.25, -0.2) is 4.79 Å². The van der Waals surface area contributed by atoms with Gasteiger partial charge < -0.3 is 20.9 Å². The molecule has 7 nitrogen and oxygen atoms in total. The van der Waals surface area contributed by atoms with Gasteiger partial charge >= 0.3 is 11.9 Å². The summed E-state index contributed by atoms with van der Waals surface area (Å²) in [6.45, 7) is 4.83. The average molecular weight is 621 g/mol. The number of nitrogens with one attached hydrogen (secondary N) is 1. The van der Waals surface area contributed by atoms with Crippen LogP contribution in [0, 0.1) is 0 Å². The third-order valence-corrected chi connectivity index (χ3v) is 7.97. The van der Waals surface area contributed by atoms with E-state index in [9.17, 15) is 19.5 Å². The minimum absolute atomic E-state index is 0.105. The summed E-state index contributed by atoms with van der Waals surface area (Å²) in [4.78, 5) is 35.9. The first-order valence-electron chi connectivity index (χ1n) is 18.2. The summed E-state index contributed by atoms with van der Waals surface area (Å²) in [5, 5.41) is 11.8. The van der Waals surface area contributed by atoms with Crippen LogP contribution < -0.4 is 11.1 Å². The Kier molecular flexibility index (Phi) is 30.7. The molecule has 1 amide bonds. The van der Waals surface area contributed by atoms with Crippen molar-refractivity contribution in [3.63, 3.8) is 0 Å². The summed E-state index contributed by atoms with van der Waals surface area (Å²) >= 11 is 0. The highest BCUT2D eigenvalue weighted by Crippen LogP contribution is 2.15. The van der Waals surface area contributed by atoms with Gasteiger partial charge in [-0.2, -0.15) is 0 Å². The van der Waals surface area contributed by atoms with Gasteiger partial charge in [-0.15, -0.1) is 0 Å². The molecular weight excluding hydrogens is 552 g/mol. The van der Waals surface area contributed by atoms with Crippen LogP contribution in [-0.4, -0.2) is 41.6 Å². The molecule has 0 spiro atoms. The molecule has 0 aliphatic carbocycles. The first-order chi connectivity index (χ1) is 21.4. The Morgan fingerprint density at radius 3 is 1.82 bits per heavy atom. The highest BCUT2D eigenvalue weighted by molar-refractivity contribution is 5.83. The lowest BCUT2D eigenvalue weighted by Crippen LogP contribution is -2.40. The van der Waals surface area contributed by atoms with Gasteiger partial charge in [-0.1, -0.05) is 109 Å². The number of amides is 1. The van der Waals surface area contributed by atoms with Crippen molar-refractivity contribution in [2.45, 2.75) is 187 Å². The molecule has 0 fully saturated rings. The Hall–Kier alpha value is -2.15. The standard InChI is InChI=1S/C37H68N2O5/c1-3-5-7-9-10-11-12-13-14-15-16-17-18-19-25-31-36(41)44-33(27-22-8-6-4-2)28-23-20-21-24-30-35(40)39-34(37(42)43)29-26-32-38/h13-14,22,27,33-34H,3-12,15-21,23-26,28-32,38H2,1-2H3,(H,39,40)(H,42,43)/b14-13-,27-22-. The van der Waals surface area contributed by atoms with Crippen LogP contribution in [0.25, 0.3) is 0 Å². The van der Waals surface area contributed by atoms with Crippen LogP contribution in [0.2, 0.25) is 0 Å². The normalized spacial score (nSPS) is 13.0. The molecule has 2 unspecified atom stereocenters. The number of carboxylic acid groups (broad SMARTS) is 1. The lowest BCUT2D eigenvalue weighted by atomic mass is 10.1. The Labute approximate surface area is 270 Å². The van der Waals surface area contributed by atoms with Crippen LogP contribution in [0.4, 0.5) is 0 Å². The fraction of sp³-hybridized carbons (Fsp3) is 0.811. The second kappa shape index (κ2) is 32.2. The zero-order chi connectivity index (χ0) is 32.5. The SMILES string of the molecule is CCCC/C=C\C(CCCCCCC(=O)NC(CCCN)C(=O)O)OC(=O)CCCCCCC/C=C\CCCCCCCC. The summed E-state index contributed by atoms with van der Waals surface area (Å²) < 4.78 is 5.83. The zero-order valence-electron chi connectivity index (χ0n) is 28.5. The van der Waals surface area contributed by atoms with E-state index in [0.717, 1.165) is 64.2 Å². The minimum Gasteiger partial charge on any atom is -0.480 e. The molecule has 0 bridgehead atoms. The molecule has 0 radical (unpaired) electrons. The Morgan fingerprint density at radius 2 is 1.20 bits per heavy atom. The molecular formula is C37H68N2O5. The van der Waals surface area contributed by atoms with E-state index in [1.54, 1.807) is 0 Å². The van der Waals surface area contributed by atoms with Crippen molar-refractivity contribution in [3.05, 3.63) is 24.3 Å². The summed E-state index contributed by atoms with van der Waals surface area (Å²) in [7, 11) is 0. The number of hydrogen-bond donors (Lipinski definition) is 3. The maximum atomic E-state index is 12.5. The molecule has 256 valence electrons. The number of carbonyl (C=O) groups is 3. The number of hydrogen-bond acceptors (Lipinski definition) is 5. The predicted molar refractivity (Wildman–Crippen MR) is 184 cm³/mol. The molecule has 2 atom stereocenters. The first kappa shape index (κ1) is 41.9. The number of esters is 1. The lowest BCUT2D eigenvalue weighted by molar-refractivity contribution is -0.147. The summed E-state index contributed by atoms with van der Waals surface area (Å²) in [6.07, 6.45) is 34.0. The van der Waals surface area contributed by atoms with Crippen molar-refractivity contribution in [3.8, 4) is 0 Å². The molecule has 0 rings (SSSR count). The van der Waals surface area contributed by atoms with Crippen LogP contribution in [0.5, 0.6) is 0 Å². The zero-order valence-corrected chi connectivity index (χ0v) is 28.5. The van der Waals surface area contributed by atoms with Crippen molar-refractivity contribution in [2.75, 3.05) is 6.54 Å². The quantitative estimate of drug-likeness (QED) is 0.0392. The molecule has 0 aliphatic rings. The average Bonchev–Trinajstić information content (AvgIpc) is 3.00. The van der Waals surface area contributed by atoms with Crippen molar-refractivity contribution in [1.82, 2.24) is 5.32 Å². The first-order valence-corrected chi connectivity index (χ1v) is 18.2. The molecule has 0 aromatic heterocycles. The fourth-order valence-electron chi connectivity index (χ4n) is 5.16. The molecule has 0 saturated carbocycles. The van der Waals surface area contributed by atoms with E-state index in [-0.39, 0.29) is 18.0 Å². The Bertz CT molecular complexity index is 752. The number of unbranched alkanes of at least 4 members (excludes halogenated alkanes) is 16. The Morgan fingerprint density at radius 1 is 0.659 bits per heavy atom. The second-order valence-corrected chi connectivity index (χ2v) is 12.3. The molecule has 0 saturated heterocycles. The number of allylic oxidation sites excluding steroid dienone is 3. The summed E-state index contributed by atoms with van der Waals surface area (Å²) in [5.74, 6) is -1.35. The molecule has 0 aliphatic heterocycles. The van der Waals surface area contributed by atoms with Gasteiger partial charge in [-0.3, -0.25) is 9.59 Å². The van der Waals surface area contributed by atoms with Crippen LogP contribution in [0.1, 0.15) is 174 Å². The van der Waals surface area contributed by atoms with Crippen LogP contribution in [0.3, 0.4) is 0 Å². The molecule has 0 aromatic carbocycles. The van der Waals surface area contributed by atoms with Gasteiger partial charge in [0.25, 0.3) is 0 Å². The van der Waals surface area contributed by atoms with E-state index < -0.39 is 12.0 Å². The van der Waals surface area contributed by atoms with Gasteiger partial charge in [0.05, 0.1) is 0 Å². The minimum atomic E-state index is -1.02. The molecule has 7 heteroatoms. The van der Waals surface area contributed by atoms with Gasteiger partial charge in [0.1, 0.15) is 12.1 Å². The maximum Gasteiger partial charge on any atom is 0.326 e. The van der Waals surface area contributed by atoms with Gasteiger partial charge in [0, 0.05) is 12.8 Å². The predicted octanol–water partition coefficient (Wildman–Crippen LogP) is 9.33. The number of rotatable bonds is 32. The van der Waals surface area contributed by atoms with Crippen LogP contribution >= 0.6 is 0 Å². The third-order valence-electron chi connectivity index (χ3n) is 7.97. The molecule has 44 heavy (non-hydrogen) atoms. The summed E-state index contributed by atoms with van der Waals surface area (Å²) in [6, 6.07) is -0.868. The van der Waals surface area contributed by atoms with E-state index >= 15 is 0 Å². The van der Waals surface area contributed by atoms with E-state index in [1.165, 1.54) is 64.2 Å². The van der Waals surface area contributed by atoms with Crippen LogP contribution in [-0.2, 0) is 19.1 Å². The van der Waals surface area contributed by atoms with Crippen molar-refractivity contribution < 1.29 is 24.2 Å². The van der Waals surface area contributed by atoms with E-state index in [4.69, 9.17) is 10.5 Å². The van der Waals surface area contributed by atoms with E-state index in [2.05, 4.69) is 37.4 Å². The number of ether oxygens (including phenoxy) is 1. The van der Waals surface area contributed by atoms with Gasteiger partial charge in [-0.05, 0) is 83.2 Å². The van der Waals surface area contributed by atoms with Crippen molar-refractivity contribution in [2.24, 2.45) is 5.73 Å². The van der Waals surface area contributed by atoms with E-state index in [0.29, 0.717) is 38.6 Å². The number of carbonyl (C=O) groups excluding carboxylic acids is 2. The van der Waals surface area contributed by atoms with Gasteiger partial charge in [0.15, 0.2) is 0 Å².